The molecule has 1 amide bonds. The van der Waals surface area contributed by atoms with Crippen molar-refractivity contribution in [3.8, 4) is 0 Å². The maximum absolute atomic E-state index is 12.9. The molecule has 2 heterocycles. The van der Waals surface area contributed by atoms with Gasteiger partial charge in [0, 0.05) is 24.7 Å². The lowest BCUT2D eigenvalue weighted by molar-refractivity contribution is -0.148. The van der Waals surface area contributed by atoms with Gasteiger partial charge in [-0.05, 0) is 30.0 Å². The van der Waals surface area contributed by atoms with Crippen molar-refractivity contribution < 1.29 is 14.7 Å². The van der Waals surface area contributed by atoms with E-state index in [2.05, 4.69) is 4.98 Å². The topological polar surface area (TPSA) is 70.5 Å². The van der Waals surface area contributed by atoms with Gasteiger partial charge >= 0.3 is 5.97 Å². The summed E-state index contributed by atoms with van der Waals surface area (Å²) >= 11 is 0. The predicted molar refractivity (Wildman–Crippen MR) is 107 cm³/mol. The van der Waals surface area contributed by atoms with Crippen LogP contribution in [0.2, 0.25) is 0 Å². The normalized spacial score (nSPS) is 16.1. The summed E-state index contributed by atoms with van der Waals surface area (Å²) in [5, 5.41) is 10.9. The van der Waals surface area contributed by atoms with Crippen LogP contribution in [0.5, 0.6) is 0 Å². The summed E-state index contributed by atoms with van der Waals surface area (Å²) in [7, 11) is 0. The molecule has 142 valence electrons. The zero-order valence-corrected chi connectivity index (χ0v) is 15.5. The molecule has 5 heteroatoms. The molecule has 3 aromatic rings. The molecule has 1 aliphatic heterocycles. The number of likely N-dealkylation sites (tertiary alicyclic amines) is 1. The maximum Gasteiger partial charge on any atom is 0.314 e. The number of nitrogens with zero attached hydrogens (tertiary/aromatic N) is 2. The number of piperidine rings is 1. The number of rotatable bonds is 4. The maximum atomic E-state index is 12.9. The van der Waals surface area contributed by atoms with E-state index in [0.717, 1.165) is 22.0 Å². The molecular weight excluding hydrogens is 352 g/mol. The van der Waals surface area contributed by atoms with Crippen LogP contribution < -0.4 is 0 Å². The van der Waals surface area contributed by atoms with Crippen molar-refractivity contribution in [3.63, 3.8) is 0 Å². The van der Waals surface area contributed by atoms with Crippen LogP contribution in [0.3, 0.4) is 0 Å². The van der Waals surface area contributed by atoms with Crippen LogP contribution in [0.1, 0.15) is 24.0 Å². The Hall–Kier alpha value is -3.21. The molecule has 0 radical (unpaired) electrons. The first-order chi connectivity index (χ1) is 13.6. The molecule has 0 unspecified atom stereocenters. The van der Waals surface area contributed by atoms with Gasteiger partial charge in [-0.1, -0.05) is 54.6 Å². The van der Waals surface area contributed by atoms with Gasteiger partial charge in [-0.2, -0.15) is 0 Å². The molecule has 0 bridgehead atoms. The van der Waals surface area contributed by atoms with Gasteiger partial charge in [0.15, 0.2) is 0 Å². The molecule has 1 saturated heterocycles. The lowest BCUT2D eigenvalue weighted by Crippen LogP contribution is -2.49. The Morgan fingerprint density at radius 1 is 0.964 bits per heavy atom. The summed E-state index contributed by atoms with van der Waals surface area (Å²) in [6.07, 6.45) is 2.86. The van der Waals surface area contributed by atoms with Crippen LogP contribution in [0.25, 0.3) is 10.9 Å². The molecule has 0 atom stereocenters. The molecule has 28 heavy (non-hydrogen) atoms. The number of aromatic nitrogens is 1. The average molecular weight is 374 g/mol. The number of hydrogen-bond donors (Lipinski definition) is 1. The average Bonchev–Trinajstić information content (AvgIpc) is 2.74. The minimum atomic E-state index is -0.918. The van der Waals surface area contributed by atoms with E-state index >= 15 is 0 Å². The van der Waals surface area contributed by atoms with Crippen molar-refractivity contribution >= 4 is 22.8 Å². The van der Waals surface area contributed by atoms with Gasteiger partial charge in [0.2, 0.25) is 5.91 Å². The first-order valence-corrected chi connectivity index (χ1v) is 9.49. The molecular formula is C23H22N2O3. The van der Waals surface area contributed by atoms with Crippen molar-refractivity contribution in [3.05, 3.63) is 78.0 Å². The number of pyridine rings is 1. The summed E-state index contributed by atoms with van der Waals surface area (Å²) in [5.74, 6) is -0.797. The zero-order chi connectivity index (χ0) is 19.6. The second kappa shape index (κ2) is 7.43. The third-order valence-corrected chi connectivity index (χ3v) is 5.76. The van der Waals surface area contributed by atoms with Crippen LogP contribution in [0.4, 0.5) is 0 Å². The fraction of sp³-hybridized carbons (Fsp3) is 0.261. The van der Waals surface area contributed by atoms with Crippen molar-refractivity contribution in [2.45, 2.75) is 24.7 Å². The number of carbonyl (C=O) groups is 2. The summed E-state index contributed by atoms with van der Waals surface area (Å²) in [6, 6.07) is 19.1. The van der Waals surface area contributed by atoms with Gasteiger partial charge in [-0.25, -0.2) is 0 Å². The van der Waals surface area contributed by atoms with Crippen LogP contribution in [0, 0.1) is 0 Å². The summed E-state index contributed by atoms with van der Waals surface area (Å²) in [4.78, 5) is 31.2. The number of carbonyl (C=O) groups excluding carboxylic acids is 1. The molecule has 4 rings (SSSR count). The Morgan fingerprint density at radius 2 is 1.68 bits per heavy atom. The lowest BCUT2D eigenvalue weighted by atomic mass is 9.73. The second-order valence-electron chi connectivity index (χ2n) is 7.30. The molecule has 2 aromatic carbocycles. The fourth-order valence-electron chi connectivity index (χ4n) is 4.11. The van der Waals surface area contributed by atoms with E-state index in [-0.39, 0.29) is 12.3 Å². The minimum Gasteiger partial charge on any atom is -0.481 e. The highest BCUT2D eigenvalue weighted by Gasteiger charge is 2.43. The SMILES string of the molecule is O=C(Cc1cccc2cccnc12)N1CCC(C(=O)O)(c2ccccc2)CC1. The van der Waals surface area contributed by atoms with Crippen molar-refractivity contribution in [1.29, 1.82) is 0 Å². The first kappa shape index (κ1) is 18.2. The fourth-order valence-corrected chi connectivity index (χ4v) is 4.11. The molecule has 1 aliphatic rings. The molecule has 0 saturated carbocycles. The number of benzene rings is 2. The monoisotopic (exact) mass is 374 g/mol. The molecule has 1 aromatic heterocycles. The van der Waals surface area contributed by atoms with Crippen LogP contribution in [-0.2, 0) is 21.4 Å². The summed E-state index contributed by atoms with van der Waals surface area (Å²) in [6.45, 7) is 0.885. The number of para-hydroxylation sites is 1. The first-order valence-electron chi connectivity index (χ1n) is 9.49. The van der Waals surface area contributed by atoms with Gasteiger partial charge in [0.25, 0.3) is 0 Å². The Bertz CT molecular complexity index is 1000. The number of carboxylic acids is 1. The molecule has 5 nitrogen and oxygen atoms in total. The third kappa shape index (κ3) is 3.24. The number of fused-ring (bicyclic) bond motifs is 1. The summed E-state index contributed by atoms with van der Waals surface area (Å²) < 4.78 is 0. The highest BCUT2D eigenvalue weighted by molar-refractivity contribution is 5.88. The van der Waals surface area contributed by atoms with Crippen molar-refractivity contribution in [1.82, 2.24) is 9.88 Å². The highest BCUT2D eigenvalue weighted by atomic mass is 16.4. The Morgan fingerprint density at radius 3 is 2.39 bits per heavy atom. The van der Waals surface area contributed by atoms with Crippen LogP contribution in [0.15, 0.2) is 66.9 Å². The van der Waals surface area contributed by atoms with E-state index in [1.807, 2.05) is 60.7 Å². The summed E-state index contributed by atoms with van der Waals surface area (Å²) in [5.41, 5.74) is 1.65. The van der Waals surface area contributed by atoms with Gasteiger partial charge in [-0.15, -0.1) is 0 Å². The minimum absolute atomic E-state index is 0.0187. The highest BCUT2D eigenvalue weighted by Crippen LogP contribution is 2.36. The van der Waals surface area contributed by atoms with Gasteiger partial charge in [0.05, 0.1) is 17.4 Å². The lowest BCUT2D eigenvalue weighted by Gasteiger charge is -2.39. The predicted octanol–water partition coefficient (Wildman–Crippen LogP) is 3.42. The van der Waals surface area contributed by atoms with E-state index < -0.39 is 11.4 Å². The smallest absolute Gasteiger partial charge is 0.314 e. The van der Waals surface area contributed by atoms with Gasteiger partial charge < -0.3 is 10.0 Å². The molecule has 0 spiro atoms. The van der Waals surface area contributed by atoms with E-state index in [1.165, 1.54) is 0 Å². The number of amides is 1. The standard InChI is InChI=1S/C23H22N2O3/c26-20(16-18-7-4-6-17-8-5-13-24-21(17)18)25-14-11-23(12-15-25,22(27)28)19-9-2-1-3-10-19/h1-10,13H,11-12,14-16H2,(H,27,28). The zero-order valence-electron chi connectivity index (χ0n) is 15.5. The quantitative estimate of drug-likeness (QED) is 0.760. The number of carboxylic acid groups (broad SMARTS) is 1. The van der Waals surface area contributed by atoms with Crippen molar-refractivity contribution in [2.24, 2.45) is 0 Å². The second-order valence-corrected chi connectivity index (χ2v) is 7.30. The molecule has 1 fully saturated rings. The van der Waals surface area contributed by atoms with Crippen LogP contribution in [-0.4, -0.2) is 40.0 Å². The Balaban J connectivity index is 1.50. The van der Waals surface area contributed by atoms with Crippen molar-refractivity contribution in [2.75, 3.05) is 13.1 Å². The van der Waals surface area contributed by atoms with Crippen LogP contribution >= 0.6 is 0 Å². The number of aliphatic carboxylic acids is 1. The van der Waals surface area contributed by atoms with E-state index in [1.54, 1.807) is 11.1 Å². The molecule has 1 N–H and O–H groups in total. The third-order valence-electron chi connectivity index (χ3n) is 5.76. The van der Waals surface area contributed by atoms with Gasteiger partial charge in [0.1, 0.15) is 0 Å². The molecule has 0 aliphatic carbocycles. The van der Waals surface area contributed by atoms with Gasteiger partial charge in [-0.3, -0.25) is 14.6 Å². The largest absolute Gasteiger partial charge is 0.481 e. The Labute approximate surface area is 163 Å². The van der Waals surface area contributed by atoms with E-state index in [9.17, 15) is 14.7 Å². The van der Waals surface area contributed by atoms with E-state index in [0.29, 0.717) is 25.9 Å². The van der Waals surface area contributed by atoms with E-state index in [4.69, 9.17) is 0 Å². The number of hydrogen-bond acceptors (Lipinski definition) is 3. The Kier molecular flexibility index (Phi) is 4.82.